The minimum absolute atomic E-state index is 0.0548. The Kier molecular flexibility index (Phi) is 5.37. The van der Waals surface area contributed by atoms with Crippen LogP contribution in [0.5, 0.6) is 0 Å². The van der Waals surface area contributed by atoms with Crippen LogP contribution in [0.2, 0.25) is 0 Å². The van der Waals surface area contributed by atoms with Crippen LogP contribution in [0.4, 0.5) is 0 Å². The molecule has 1 aliphatic heterocycles. The summed E-state index contributed by atoms with van der Waals surface area (Å²) >= 11 is 1.64. The Labute approximate surface area is 140 Å². The summed E-state index contributed by atoms with van der Waals surface area (Å²) in [5, 5.41) is 10.4. The van der Waals surface area contributed by atoms with Crippen LogP contribution in [0, 0.1) is 0 Å². The average Bonchev–Trinajstić information content (AvgIpc) is 3.17. The molecule has 2 aromatic heterocycles. The van der Waals surface area contributed by atoms with E-state index in [2.05, 4.69) is 44.3 Å². The second-order valence-electron chi connectivity index (χ2n) is 5.99. The van der Waals surface area contributed by atoms with Gasteiger partial charge in [-0.05, 0) is 0 Å². The normalized spacial score (nSPS) is 19.6. The third kappa shape index (κ3) is 4.14. The second kappa shape index (κ2) is 7.48. The first-order valence-corrected chi connectivity index (χ1v) is 8.72. The van der Waals surface area contributed by atoms with Crippen molar-refractivity contribution in [1.82, 2.24) is 25.1 Å². The van der Waals surface area contributed by atoms with Gasteiger partial charge in [0, 0.05) is 38.0 Å². The predicted molar refractivity (Wildman–Crippen MR) is 87.3 cm³/mol. The number of aromatic nitrogens is 4. The van der Waals surface area contributed by atoms with Crippen LogP contribution in [0.15, 0.2) is 5.38 Å². The number of H-pyrrole nitrogens is 1. The summed E-state index contributed by atoms with van der Waals surface area (Å²) in [5.74, 6) is 1.97. The number of morpholine rings is 1. The maximum absolute atomic E-state index is 5.86. The number of ether oxygens (including phenoxy) is 2. The van der Waals surface area contributed by atoms with Crippen molar-refractivity contribution in [3.05, 3.63) is 27.7 Å². The number of methoxy groups -OCH3 is 1. The number of nitrogens with one attached hydrogen (secondary N) is 1. The molecule has 23 heavy (non-hydrogen) atoms. The number of rotatable bonds is 6. The third-order valence-corrected chi connectivity index (χ3v) is 4.62. The van der Waals surface area contributed by atoms with Crippen LogP contribution in [-0.4, -0.2) is 51.9 Å². The molecule has 3 rings (SSSR count). The number of aromatic amines is 1. The van der Waals surface area contributed by atoms with Gasteiger partial charge in [0.15, 0.2) is 11.6 Å². The first-order chi connectivity index (χ1) is 11.2. The fourth-order valence-corrected chi connectivity index (χ4v) is 3.30. The monoisotopic (exact) mass is 337 g/mol. The van der Waals surface area contributed by atoms with Gasteiger partial charge in [0.2, 0.25) is 0 Å². The highest BCUT2D eigenvalue weighted by Crippen LogP contribution is 2.22. The van der Waals surface area contributed by atoms with Gasteiger partial charge in [0.1, 0.15) is 11.1 Å². The van der Waals surface area contributed by atoms with Crippen molar-refractivity contribution < 1.29 is 9.47 Å². The van der Waals surface area contributed by atoms with Crippen LogP contribution in [0.1, 0.15) is 48.2 Å². The Bertz CT molecular complexity index is 627. The Morgan fingerprint density at radius 1 is 1.48 bits per heavy atom. The van der Waals surface area contributed by atoms with Crippen LogP contribution < -0.4 is 0 Å². The first kappa shape index (κ1) is 16.5. The molecule has 126 valence electrons. The summed E-state index contributed by atoms with van der Waals surface area (Å²) < 4.78 is 11.0. The van der Waals surface area contributed by atoms with Crippen LogP contribution in [0.25, 0.3) is 0 Å². The van der Waals surface area contributed by atoms with E-state index in [0.717, 1.165) is 42.0 Å². The van der Waals surface area contributed by atoms with Gasteiger partial charge in [-0.3, -0.25) is 10.00 Å². The molecular formula is C15H23N5O2S. The first-order valence-electron chi connectivity index (χ1n) is 7.84. The van der Waals surface area contributed by atoms with Crippen molar-refractivity contribution in [1.29, 1.82) is 0 Å². The van der Waals surface area contributed by atoms with E-state index >= 15 is 0 Å². The van der Waals surface area contributed by atoms with E-state index in [1.165, 1.54) is 0 Å². The SMILES string of the molecule is COCc1nc(CN2CCO[C@@H](c3nc(C(C)C)n[nH]3)C2)cs1. The highest BCUT2D eigenvalue weighted by molar-refractivity contribution is 7.09. The third-order valence-electron chi connectivity index (χ3n) is 3.74. The summed E-state index contributed by atoms with van der Waals surface area (Å²) in [7, 11) is 1.69. The number of hydrogen-bond donors (Lipinski definition) is 1. The molecule has 0 radical (unpaired) electrons. The summed E-state index contributed by atoms with van der Waals surface area (Å²) in [4.78, 5) is 11.5. The predicted octanol–water partition coefficient (Wildman–Crippen LogP) is 2.10. The molecule has 7 nitrogen and oxygen atoms in total. The molecule has 1 fully saturated rings. The summed E-state index contributed by atoms with van der Waals surface area (Å²) in [5.41, 5.74) is 1.09. The molecule has 0 bridgehead atoms. The van der Waals surface area contributed by atoms with E-state index in [9.17, 15) is 0 Å². The lowest BCUT2D eigenvalue weighted by Gasteiger charge is -2.31. The van der Waals surface area contributed by atoms with Gasteiger partial charge in [-0.25, -0.2) is 9.97 Å². The zero-order valence-electron chi connectivity index (χ0n) is 13.8. The molecule has 0 saturated carbocycles. The molecule has 0 amide bonds. The van der Waals surface area contributed by atoms with Gasteiger partial charge < -0.3 is 9.47 Å². The van der Waals surface area contributed by atoms with E-state index in [0.29, 0.717) is 19.1 Å². The summed E-state index contributed by atoms with van der Waals surface area (Å²) in [6, 6.07) is 0. The second-order valence-corrected chi connectivity index (χ2v) is 6.94. The zero-order chi connectivity index (χ0) is 16.2. The topological polar surface area (TPSA) is 76.2 Å². The maximum atomic E-state index is 5.86. The van der Waals surface area contributed by atoms with E-state index in [4.69, 9.17) is 9.47 Å². The van der Waals surface area contributed by atoms with Crippen LogP contribution >= 0.6 is 11.3 Å². The summed E-state index contributed by atoms with van der Waals surface area (Å²) in [6.45, 7) is 7.96. The Morgan fingerprint density at radius 2 is 2.35 bits per heavy atom. The maximum Gasteiger partial charge on any atom is 0.155 e. The van der Waals surface area contributed by atoms with Crippen molar-refractivity contribution in [2.45, 2.75) is 39.0 Å². The highest BCUT2D eigenvalue weighted by atomic mass is 32.1. The lowest BCUT2D eigenvalue weighted by atomic mass is 10.2. The van der Waals surface area contributed by atoms with Crippen molar-refractivity contribution in [3.8, 4) is 0 Å². The molecule has 0 aliphatic carbocycles. The lowest BCUT2D eigenvalue weighted by Crippen LogP contribution is -2.38. The standard InChI is InChI=1S/C15H23N5O2S/c1-10(2)14-17-15(19-18-14)12-7-20(4-5-22-12)6-11-9-23-13(16-11)8-21-3/h9-10,12H,4-8H2,1-3H3,(H,17,18,19)/t12-/m1/s1. The number of thiazole rings is 1. The van der Waals surface area contributed by atoms with Crippen molar-refractivity contribution in [2.24, 2.45) is 0 Å². The van der Waals surface area contributed by atoms with E-state index in [1.807, 2.05) is 0 Å². The van der Waals surface area contributed by atoms with Gasteiger partial charge in [0.05, 0.1) is 18.9 Å². The molecule has 8 heteroatoms. The fraction of sp³-hybridized carbons (Fsp3) is 0.667. The largest absolute Gasteiger partial charge is 0.378 e. The molecule has 3 heterocycles. The molecule has 1 saturated heterocycles. The van der Waals surface area contributed by atoms with Gasteiger partial charge in [-0.1, -0.05) is 13.8 Å². The number of nitrogens with zero attached hydrogens (tertiary/aromatic N) is 4. The Hall–Kier alpha value is -1.35. The van der Waals surface area contributed by atoms with Crippen molar-refractivity contribution in [3.63, 3.8) is 0 Å². The molecular weight excluding hydrogens is 314 g/mol. The molecule has 0 spiro atoms. The minimum Gasteiger partial charge on any atom is -0.378 e. The average molecular weight is 337 g/mol. The highest BCUT2D eigenvalue weighted by Gasteiger charge is 2.25. The molecule has 0 unspecified atom stereocenters. The van der Waals surface area contributed by atoms with Crippen LogP contribution in [-0.2, 0) is 22.6 Å². The van der Waals surface area contributed by atoms with Crippen molar-refractivity contribution >= 4 is 11.3 Å². The molecule has 1 atom stereocenters. The van der Waals surface area contributed by atoms with E-state index in [1.54, 1.807) is 18.4 Å². The smallest absolute Gasteiger partial charge is 0.155 e. The van der Waals surface area contributed by atoms with E-state index < -0.39 is 0 Å². The Balaban J connectivity index is 1.60. The Morgan fingerprint density at radius 3 is 3.09 bits per heavy atom. The molecule has 1 N–H and O–H groups in total. The van der Waals surface area contributed by atoms with Gasteiger partial charge in [0.25, 0.3) is 0 Å². The minimum atomic E-state index is -0.0548. The van der Waals surface area contributed by atoms with Gasteiger partial charge >= 0.3 is 0 Å². The van der Waals surface area contributed by atoms with Gasteiger partial charge in [-0.15, -0.1) is 11.3 Å². The van der Waals surface area contributed by atoms with Crippen LogP contribution in [0.3, 0.4) is 0 Å². The summed E-state index contributed by atoms with van der Waals surface area (Å²) in [6.07, 6.45) is -0.0548. The fourth-order valence-electron chi connectivity index (χ4n) is 2.54. The molecule has 2 aromatic rings. The zero-order valence-corrected chi connectivity index (χ0v) is 14.6. The van der Waals surface area contributed by atoms with Gasteiger partial charge in [-0.2, -0.15) is 5.10 Å². The van der Waals surface area contributed by atoms with Crippen molar-refractivity contribution in [2.75, 3.05) is 26.8 Å². The van der Waals surface area contributed by atoms with E-state index in [-0.39, 0.29) is 6.10 Å². The molecule has 0 aromatic carbocycles. The quantitative estimate of drug-likeness (QED) is 0.870. The lowest BCUT2D eigenvalue weighted by molar-refractivity contribution is -0.0374. The molecule has 1 aliphatic rings. The number of hydrogen-bond acceptors (Lipinski definition) is 7.